The van der Waals surface area contributed by atoms with Gasteiger partial charge in [0.1, 0.15) is 17.6 Å². The number of carbonyl (C=O) groups is 1. The zero-order chi connectivity index (χ0) is 21.1. The summed E-state index contributed by atoms with van der Waals surface area (Å²) in [5, 5.41) is 0. The summed E-state index contributed by atoms with van der Waals surface area (Å²) in [5.41, 5.74) is 2.12. The van der Waals surface area contributed by atoms with Crippen LogP contribution in [0.15, 0.2) is 46.9 Å². The Morgan fingerprint density at radius 1 is 1.07 bits per heavy atom. The van der Waals surface area contributed by atoms with Gasteiger partial charge < -0.3 is 14.2 Å². The number of halogens is 1. The second kappa shape index (κ2) is 9.27. The van der Waals surface area contributed by atoms with Gasteiger partial charge in [0.25, 0.3) is 0 Å². The van der Waals surface area contributed by atoms with Crippen LogP contribution >= 0.6 is 15.9 Å². The SMILES string of the molecule is COc1ccc(N2CC(CN3CCC(Cc4cc(OC)ccc4Br)C3)OC2=O)cc1. The van der Waals surface area contributed by atoms with Gasteiger partial charge in [0.15, 0.2) is 0 Å². The molecule has 2 aromatic rings. The fourth-order valence-corrected chi connectivity index (χ4v) is 4.68. The van der Waals surface area contributed by atoms with E-state index in [1.54, 1.807) is 19.1 Å². The highest BCUT2D eigenvalue weighted by Crippen LogP contribution is 2.29. The van der Waals surface area contributed by atoms with Crippen LogP contribution in [-0.2, 0) is 11.2 Å². The molecule has 2 atom stereocenters. The van der Waals surface area contributed by atoms with Crippen molar-refractivity contribution >= 4 is 27.7 Å². The van der Waals surface area contributed by atoms with E-state index >= 15 is 0 Å². The maximum atomic E-state index is 12.4. The van der Waals surface area contributed by atoms with E-state index in [4.69, 9.17) is 14.2 Å². The molecule has 2 aliphatic heterocycles. The molecule has 2 saturated heterocycles. The summed E-state index contributed by atoms with van der Waals surface area (Å²) in [5.74, 6) is 2.25. The number of methoxy groups -OCH3 is 2. The third-order valence-corrected chi connectivity index (χ3v) is 6.63. The Bertz CT molecular complexity index is 889. The zero-order valence-corrected chi connectivity index (χ0v) is 18.9. The molecule has 30 heavy (non-hydrogen) atoms. The van der Waals surface area contributed by atoms with Crippen molar-refractivity contribution in [2.24, 2.45) is 5.92 Å². The van der Waals surface area contributed by atoms with Crippen LogP contribution < -0.4 is 14.4 Å². The van der Waals surface area contributed by atoms with Crippen LogP contribution in [0.2, 0.25) is 0 Å². The molecule has 0 aromatic heterocycles. The molecule has 0 radical (unpaired) electrons. The van der Waals surface area contributed by atoms with Crippen LogP contribution in [0.3, 0.4) is 0 Å². The van der Waals surface area contributed by atoms with Gasteiger partial charge in [-0.2, -0.15) is 0 Å². The summed E-state index contributed by atoms with van der Waals surface area (Å²) < 4.78 is 17.3. The first kappa shape index (κ1) is 21.0. The molecule has 2 unspecified atom stereocenters. The Hall–Kier alpha value is -2.25. The minimum atomic E-state index is -0.277. The minimum absolute atomic E-state index is 0.109. The second-order valence-electron chi connectivity index (χ2n) is 7.89. The summed E-state index contributed by atoms with van der Waals surface area (Å²) >= 11 is 3.66. The number of nitrogens with zero attached hydrogens (tertiary/aromatic N) is 2. The first-order chi connectivity index (χ1) is 14.6. The van der Waals surface area contributed by atoms with Crippen molar-refractivity contribution < 1.29 is 19.0 Å². The van der Waals surface area contributed by atoms with Crippen LogP contribution in [0.25, 0.3) is 0 Å². The summed E-state index contributed by atoms with van der Waals surface area (Å²) in [6, 6.07) is 13.6. The lowest BCUT2D eigenvalue weighted by atomic mass is 9.98. The number of amides is 1. The quantitative estimate of drug-likeness (QED) is 0.596. The zero-order valence-electron chi connectivity index (χ0n) is 17.3. The number of ether oxygens (including phenoxy) is 3. The van der Waals surface area contributed by atoms with Crippen molar-refractivity contribution in [1.82, 2.24) is 4.90 Å². The van der Waals surface area contributed by atoms with Gasteiger partial charge in [-0.25, -0.2) is 4.79 Å². The predicted molar refractivity (Wildman–Crippen MR) is 120 cm³/mol. The topological polar surface area (TPSA) is 51.2 Å². The van der Waals surface area contributed by atoms with Crippen LogP contribution in [0.5, 0.6) is 11.5 Å². The smallest absolute Gasteiger partial charge is 0.414 e. The van der Waals surface area contributed by atoms with E-state index in [-0.39, 0.29) is 12.2 Å². The van der Waals surface area contributed by atoms with Gasteiger partial charge in [-0.15, -0.1) is 0 Å². The maximum absolute atomic E-state index is 12.4. The molecule has 160 valence electrons. The Balaban J connectivity index is 1.31. The molecule has 4 rings (SSSR count). The average molecular weight is 475 g/mol. The molecule has 1 amide bonds. The summed E-state index contributed by atoms with van der Waals surface area (Å²) in [6.45, 7) is 3.39. The van der Waals surface area contributed by atoms with E-state index in [1.807, 2.05) is 36.4 Å². The molecule has 6 nitrogen and oxygen atoms in total. The first-order valence-electron chi connectivity index (χ1n) is 10.2. The van der Waals surface area contributed by atoms with Crippen molar-refractivity contribution in [3.8, 4) is 11.5 Å². The molecule has 0 N–H and O–H groups in total. The molecule has 2 heterocycles. The highest BCUT2D eigenvalue weighted by Gasteiger charge is 2.35. The number of anilines is 1. The average Bonchev–Trinajstić information content (AvgIpc) is 3.35. The minimum Gasteiger partial charge on any atom is -0.497 e. The number of cyclic esters (lactones) is 1. The van der Waals surface area contributed by atoms with Crippen molar-refractivity contribution in [1.29, 1.82) is 0 Å². The molecule has 0 aliphatic carbocycles. The van der Waals surface area contributed by atoms with Gasteiger partial charge in [-0.05, 0) is 73.3 Å². The molecule has 2 aromatic carbocycles. The van der Waals surface area contributed by atoms with E-state index in [9.17, 15) is 4.79 Å². The fourth-order valence-electron chi connectivity index (χ4n) is 4.27. The number of hydrogen-bond donors (Lipinski definition) is 0. The Morgan fingerprint density at radius 3 is 2.53 bits per heavy atom. The van der Waals surface area contributed by atoms with Crippen molar-refractivity contribution in [2.45, 2.75) is 18.9 Å². The largest absolute Gasteiger partial charge is 0.497 e. The van der Waals surface area contributed by atoms with Gasteiger partial charge in [-0.1, -0.05) is 15.9 Å². The van der Waals surface area contributed by atoms with Gasteiger partial charge in [0.05, 0.1) is 20.8 Å². The standard InChI is InChI=1S/C23H27BrN2O4/c1-28-19-5-3-18(4-6-19)26-15-21(30-23(26)27)14-25-10-9-16(13-25)11-17-12-20(29-2)7-8-22(17)24/h3-8,12,16,21H,9-11,13-15H2,1-2H3. The van der Waals surface area contributed by atoms with Gasteiger partial charge in [0, 0.05) is 23.2 Å². The Labute approximate surface area is 185 Å². The van der Waals surface area contributed by atoms with Crippen LogP contribution in [0.4, 0.5) is 10.5 Å². The lowest BCUT2D eigenvalue weighted by Crippen LogP contribution is -2.33. The van der Waals surface area contributed by atoms with Crippen LogP contribution in [-0.4, -0.2) is 57.5 Å². The van der Waals surface area contributed by atoms with E-state index < -0.39 is 0 Å². The monoisotopic (exact) mass is 474 g/mol. The highest BCUT2D eigenvalue weighted by atomic mass is 79.9. The Morgan fingerprint density at radius 2 is 1.80 bits per heavy atom. The molecular formula is C23H27BrN2O4. The van der Waals surface area contributed by atoms with Crippen molar-refractivity contribution in [3.05, 3.63) is 52.5 Å². The third kappa shape index (κ3) is 4.73. The fraction of sp³-hybridized carbons (Fsp3) is 0.435. The van der Waals surface area contributed by atoms with E-state index in [0.29, 0.717) is 12.5 Å². The number of benzene rings is 2. The highest BCUT2D eigenvalue weighted by molar-refractivity contribution is 9.10. The van der Waals surface area contributed by atoms with Gasteiger partial charge in [0.2, 0.25) is 0 Å². The Kier molecular flexibility index (Phi) is 6.49. The van der Waals surface area contributed by atoms with E-state index in [2.05, 4.69) is 26.9 Å². The van der Waals surface area contributed by atoms with Crippen molar-refractivity contribution in [2.75, 3.05) is 45.3 Å². The molecule has 2 fully saturated rings. The number of carbonyl (C=O) groups excluding carboxylic acids is 1. The predicted octanol–water partition coefficient (Wildman–Crippen LogP) is 4.36. The molecule has 2 aliphatic rings. The molecule has 7 heteroatoms. The lowest BCUT2D eigenvalue weighted by molar-refractivity contribution is 0.115. The van der Waals surface area contributed by atoms with Gasteiger partial charge in [-0.3, -0.25) is 9.80 Å². The van der Waals surface area contributed by atoms with Crippen LogP contribution in [0, 0.1) is 5.92 Å². The molecule has 0 saturated carbocycles. The third-order valence-electron chi connectivity index (χ3n) is 5.85. The summed E-state index contributed by atoms with van der Waals surface area (Å²) in [6.07, 6.45) is 1.77. The van der Waals surface area contributed by atoms with Crippen LogP contribution in [0.1, 0.15) is 12.0 Å². The van der Waals surface area contributed by atoms with E-state index in [0.717, 1.165) is 54.1 Å². The number of likely N-dealkylation sites (tertiary alicyclic amines) is 1. The number of hydrogen-bond acceptors (Lipinski definition) is 5. The molecule has 0 bridgehead atoms. The summed E-state index contributed by atoms with van der Waals surface area (Å²) in [7, 11) is 3.33. The van der Waals surface area contributed by atoms with Crippen molar-refractivity contribution in [3.63, 3.8) is 0 Å². The molecule has 0 spiro atoms. The first-order valence-corrected chi connectivity index (χ1v) is 11.0. The summed E-state index contributed by atoms with van der Waals surface area (Å²) in [4.78, 5) is 16.5. The molecular weight excluding hydrogens is 448 g/mol. The lowest BCUT2D eigenvalue weighted by Gasteiger charge is -2.19. The number of rotatable bonds is 7. The van der Waals surface area contributed by atoms with E-state index in [1.165, 1.54) is 5.56 Å². The van der Waals surface area contributed by atoms with Gasteiger partial charge >= 0.3 is 6.09 Å². The normalized spacial score (nSPS) is 21.7. The second-order valence-corrected chi connectivity index (χ2v) is 8.74. The maximum Gasteiger partial charge on any atom is 0.414 e.